The number of carbonyl (C=O) groups is 1. The SMILES string of the molecule is Cc1ccc(=O)n(CC(=O)NCc2sc(-c3cccs3)nc2C)n1. The second-order valence-electron chi connectivity index (χ2n) is 5.25. The van der Waals surface area contributed by atoms with Crippen LogP contribution in [0.15, 0.2) is 34.4 Å². The molecule has 0 spiro atoms. The van der Waals surface area contributed by atoms with Gasteiger partial charge in [0.2, 0.25) is 5.91 Å². The van der Waals surface area contributed by atoms with Crippen molar-refractivity contribution in [3.05, 3.63) is 56.3 Å². The third-order valence-electron chi connectivity index (χ3n) is 3.36. The van der Waals surface area contributed by atoms with E-state index < -0.39 is 0 Å². The highest BCUT2D eigenvalue weighted by Gasteiger charge is 2.12. The van der Waals surface area contributed by atoms with Crippen LogP contribution >= 0.6 is 22.7 Å². The molecule has 0 unspecified atom stereocenters. The van der Waals surface area contributed by atoms with Crippen molar-refractivity contribution in [2.24, 2.45) is 0 Å². The van der Waals surface area contributed by atoms with Crippen LogP contribution in [0, 0.1) is 13.8 Å². The Morgan fingerprint density at radius 2 is 2.12 bits per heavy atom. The largest absolute Gasteiger partial charge is 0.350 e. The second kappa shape index (κ2) is 7.06. The van der Waals surface area contributed by atoms with Crippen LogP contribution in [0.3, 0.4) is 0 Å². The van der Waals surface area contributed by atoms with Crippen molar-refractivity contribution in [1.29, 1.82) is 0 Å². The maximum Gasteiger partial charge on any atom is 0.267 e. The predicted molar refractivity (Wildman–Crippen MR) is 95.2 cm³/mol. The fourth-order valence-electron chi connectivity index (χ4n) is 2.13. The number of hydrogen-bond acceptors (Lipinski definition) is 6. The third kappa shape index (κ3) is 3.77. The van der Waals surface area contributed by atoms with E-state index in [2.05, 4.69) is 15.4 Å². The number of thiophene rings is 1. The lowest BCUT2D eigenvalue weighted by Crippen LogP contribution is -2.33. The maximum atomic E-state index is 12.1. The molecule has 0 aromatic carbocycles. The molecule has 0 saturated carbocycles. The number of amides is 1. The van der Waals surface area contributed by atoms with E-state index >= 15 is 0 Å². The first-order valence-corrected chi connectivity index (χ1v) is 9.04. The normalized spacial score (nSPS) is 10.8. The summed E-state index contributed by atoms with van der Waals surface area (Å²) in [6.07, 6.45) is 0. The molecule has 8 heteroatoms. The first-order chi connectivity index (χ1) is 11.5. The molecule has 0 radical (unpaired) electrons. The smallest absolute Gasteiger partial charge is 0.267 e. The van der Waals surface area contributed by atoms with E-state index in [1.807, 2.05) is 24.4 Å². The van der Waals surface area contributed by atoms with E-state index in [0.29, 0.717) is 12.2 Å². The topological polar surface area (TPSA) is 76.9 Å². The molecule has 3 heterocycles. The predicted octanol–water partition coefficient (Wildman–Crippen LogP) is 2.36. The van der Waals surface area contributed by atoms with Gasteiger partial charge in [0.05, 0.1) is 22.8 Å². The molecule has 1 N–H and O–H groups in total. The summed E-state index contributed by atoms with van der Waals surface area (Å²) in [7, 11) is 0. The van der Waals surface area contributed by atoms with Crippen LogP contribution in [0.4, 0.5) is 0 Å². The number of aryl methyl sites for hydroxylation is 2. The number of rotatable bonds is 5. The van der Waals surface area contributed by atoms with Crippen LogP contribution in [0.1, 0.15) is 16.3 Å². The van der Waals surface area contributed by atoms with E-state index in [1.165, 1.54) is 10.7 Å². The Balaban J connectivity index is 1.64. The molecule has 0 saturated heterocycles. The Bertz CT molecular complexity index is 913. The summed E-state index contributed by atoms with van der Waals surface area (Å²) in [5, 5.41) is 9.86. The van der Waals surface area contributed by atoms with Gasteiger partial charge in [-0.1, -0.05) is 6.07 Å². The molecule has 0 fully saturated rings. The van der Waals surface area contributed by atoms with Gasteiger partial charge in [0.1, 0.15) is 11.6 Å². The van der Waals surface area contributed by atoms with Gasteiger partial charge < -0.3 is 5.32 Å². The molecule has 124 valence electrons. The van der Waals surface area contributed by atoms with E-state index in [9.17, 15) is 9.59 Å². The Labute approximate surface area is 146 Å². The first kappa shape index (κ1) is 16.5. The Hall–Kier alpha value is -2.32. The molecular formula is C16H16N4O2S2. The summed E-state index contributed by atoms with van der Waals surface area (Å²) in [5.41, 5.74) is 1.32. The molecule has 0 aliphatic carbocycles. The molecule has 6 nitrogen and oxygen atoms in total. The highest BCUT2D eigenvalue weighted by atomic mass is 32.1. The number of nitrogens with one attached hydrogen (secondary N) is 1. The van der Waals surface area contributed by atoms with Crippen molar-refractivity contribution in [2.45, 2.75) is 26.9 Å². The number of aromatic nitrogens is 3. The molecule has 24 heavy (non-hydrogen) atoms. The van der Waals surface area contributed by atoms with Crippen LogP contribution in [-0.4, -0.2) is 20.7 Å². The Morgan fingerprint density at radius 3 is 2.88 bits per heavy atom. The number of hydrogen-bond donors (Lipinski definition) is 1. The van der Waals surface area contributed by atoms with E-state index in [0.717, 1.165) is 20.5 Å². The molecule has 3 aromatic heterocycles. The first-order valence-electron chi connectivity index (χ1n) is 7.34. The average Bonchev–Trinajstić information content (AvgIpc) is 3.18. The molecular weight excluding hydrogens is 344 g/mol. The van der Waals surface area contributed by atoms with Gasteiger partial charge in [-0.2, -0.15) is 5.10 Å². The number of thiazole rings is 1. The summed E-state index contributed by atoms with van der Waals surface area (Å²) in [4.78, 5) is 30.4. The van der Waals surface area contributed by atoms with E-state index in [1.54, 1.807) is 35.7 Å². The van der Waals surface area contributed by atoms with Crippen LogP contribution in [0.5, 0.6) is 0 Å². The van der Waals surface area contributed by atoms with Gasteiger partial charge in [-0.25, -0.2) is 9.67 Å². The zero-order chi connectivity index (χ0) is 17.1. The quantitative estimate of drug-likeness (QED) is 0.758. The zero-order valence-corrected chi connectivity index (χ0v) is 14.9. The van der Waals surface area contributed by atoms with Crippen molar-refractivity contribution in [1.82, 2.24) is 20.1 Å². The molecule has 0 aliphatic rings. The van der Waals surface area contributed by atoms with Crippen molar-refractivity contribution in [3.63, 3.8) is 0 Å². The minimum Gasteiger partial charge on any atom is -0.350 e. The zero-order valence-electron chi connectivity index (χ0n) is 13.3. The van der Waals surface area contributed by atoms with Crippen LogP contribution in [0.25, 0.3) is 9.88 Å². The summed E-state index contributed by atoms with van der Waals surface area (Å²) < 4.78 is 1.17. The third-order valence-corrected chi connectivity index (χ3v) is 5.56. The highest BCUT2D eigenvalue weighted by Crippen LogP contribution is 2.30. The van der Waals surface area contributed by atoms with Crippen molar-refractivity contribution in [2.75, 3.05) is 0 Å². The van der Waals surface area contributed by atoms with Gasteiger partial charge in [0.15, 0.2) is 0 Å². The summed E-state index contributed by atoms with van der Waals surface area (Å²) in [6, 6.07) is 7.06. The Kier molecular flexibility index (Phi) is 4.86. The summed E-state index contributed by atoms with van der Waals surface area (Å²) in [5.74, 6) is -0.249. The second-order valence-corrected chi connectivity index (χ2v) is 7.28. The van der Waals surface area contributed by atoms with Crippen LogP contribution < -0.4 is 10.9 Å². The van der Waals surface area contributed by atoms with Crippen molar-refractivity contribution < 1.29 is 4.79 Å². The average molecular weight is 360 g/mol. The summed E-state index contributed by atoms with van der Waals surface area (Å²) >= 11 is 3.21. The highest BCUT2D eigenvalue weighted by molar-refractivity contribution is 7.21. The van der Waals surface area contributed by atoms with E-state index in [4.69, 9.17) is 0 Å². The fraction of sp³-hybridized carbons (Fsp3) is 0.250. The van der Waals surface area contributed by atoms with Crippen LogP contribution in [0.2, 0.25) is 0 Å². The molecule has 1 amide bonds. The summed E-state index contributed by atoms with van der Waals surface area (Å²) in [6.45, 7) is 4.02. The fourth-order valence-corrected chi connectivity index (χ4v) is 3.93. The molecule has 0 aliphatic heterocycles. The minimum atomic E-state index is -0.287. The number of nitrogens with zero attached hydrogens (tertiary/aromatic N) is 3. The van der Waals surface area contributed by atoms with Crippen molar-refractivity contribution >= 4 is 28.6 Å². The van der Waals surface area contributed by atoms with Gasteiger partial charge in [0.25, 0.3) is 5.56 Å². The lowest BCUT2D eigenvalue weighted by Gasteiger charge is -2.06. The van der Waals surface area contributed by atoms with Crippen LogP contribution in [-0.2, 0) is 17.9 Å². The Morgan fingerprint density at radius 1 is 1.29 bits per heavy atom. The molecule has 0 bridgehead atoms. The maximum absolute atomic E-state index is 12.1. The standard InChI is InChI=1S/C16H16N4O2S2/c1-10-5-6-15(22)20(19-10)9-14(21)17-8-13-11(2)18-16(24-13)12-4-3-7-23-12/h3-7H,8-9H2,1-2H3,(H,17,21). The molecule has 3 aromatic rings. The van der Waals surface area contributed by atoms with Gasteiger partial charge in [-0.05, 0) is 31.4 Å². The molecule has 0 atom stereocenters. The van der Waals surface area contributed by atoms with Gasteiger partial charge in [0, 0.05) is 10.9 Å². The van der Waals surface area contributed by atoms with E-state index in [-0.39, 0.29) is 18.0 Å². The van der Waals surface area contributed by atoms with Gasteiger partial charge in [-0.15, -0.1) is 22.7 Å². The number of carbonyl (C=O) groups excluding carboxylic acids is 1. The minimum absolute atomic E-state index is 0.0872. The van der Waals surface area contributed by atoms with Gasteiger partial charge in [-0.3, -0.25) is 9.59 Å². The lowest BCUT2D eigenvalue weighted by atomic mass is 10.4. The van der Waals surface area contributed by atoms with Gasteiger partial charge >= 0.3 is 0 Å². The monoisotopic (exact) mass is 360 g/mol. The van der Waals surface area contributed by atoms with Crippen molar-refractivity contribution in [3.8, 4) is 9.88 Å². The lowest BCUT2D eigenvalue weighted by molar-refractivity contribution is -0.122. The molecule has 3 rings (SSSR count).